The molecule has 1 heterocycles. The molecule has 0 aliphatic heterocycles. The molecule has 0 radical (unpaired) electrons. The first kappa shape index (κ1) is 8.62. The molecule has 0 amide bonds. The summed E-state index contributed by atoms with van der Waals surface area (Å²) in [5, 5.41) is 2.93. The van der Waals surface area contributed by atoms with Gasteiger partial charge in [0.2, 0.25) is 0 Å². The Morgan fingerprint density at radius 1 is 1.50 bits per heavy atom. The predicted molar refractivity (Wildman–Crippen MR) is 55.8 cm³/mol. The molecule has 0 aliphatic carbocycles. The van der Waals surface area contributed by atoms with Crippen LogP contribution in [0.3, 0.4) is 0 Å². The van der Waals surface area contributed by atoms with Crippen LogP contribution in [0.4, 0.5) is 6.01 Å². The van der Waals surface area contributed by atoms with Gasteiger partial charge in [0.1, 0.15) is 5.52 Å². The van der Waals surface area contributed by atoms with Gasteiger partial charge in [-0.25, -0.2) is 0 Å². The first-order chi connectivity index (χ1) is 6.75. The van der Waals surface area contributed by atoms with E-state index in [0.717, 1.165) is 11.1 Å². The van der Waals surface area contributed by atoms with E-state index in [0.29, 0.717) is 18.3 Å². The van der Waals surface area contributed by atoms with Gasteiger partial charge in [0.05, 0.1) is 6.54 Å². The van der Waals surface area contributed by atoms with Crippen molar-refractivity contribution in [3.05, 3.63) is 36.5 Å². The van der Waals surface area contributed by atoms with Crippen molar-refractivity contribution >= 4 is 17.1 Å². The summed E-state index contributed by atoms with van der Waals surface area (Å²) in [6.07, 6.45) is 0. The summed E-state index contributed by atoms with van der Waals surface area (Å²) in [6.45, 7) is 4.04. The lowest BCUT2D eigenvalue weighted by atomic mass is 10.3. The summed E-state index contributed by atoms with van der Waals surface area (Å²) >= 11 is 0. The minimum Gasteiger partial charge on any atom is -0.424 e. The van der Waals surface area contributed by atoms with Crippen LogP contribution >= 0.6 is 0 Å². The summed E-state index contributed by atoms with van der Waals surface area (Å²) in [5.74, 6) is 0. The lowest BCUT2D eigenvalue weighted by Crippen LogP contribution is -2.09. The van der Waals surface area contributed by atoms with Crippen molar-refractivity contribution in [2.45, 2.75) is 0 Å². The van der Waals surface area contributed by atoms with Crippen LogP contribution in [0.25, 0.3) is 11.1 Å². The molecule has 0 aliphatic rings. The summed E-state index contributed by atoms with van der Waals surface area (Å²) in [4.78, 5) is 4.21. The lowest BCUT2D eigenvalue weighted by Gasteiger charge is -1.98. The Morgan fingerprint density at radius 3 is 3.00 bits per heavy atom. The highest BCUT2D eigenvalue weighted by Crippen LogP contribution is 2.17. The fourth-order valence-electron chi connectivity index (χ4n) is 1.14. The fourth-order valence-corrected chi connectivity index (χ4v) is 1.14. The van der Waals surface area contributed by atoms with Gasteiger partial charge in [-0.2, -0.15) is 4.98 Å². The number of nitrogens with two attached hydrogens (primary N) is 1. The second-order valence-electron chi connectivity index (χ2n) is 3.00. The van der Waals surface area contributed by atoms with Gasteiger partial charge >= 0.3 is 0 Å². The summed E-state index contributed by atoms with van der Waals surface area (Å²) in [6, 6.07) is 8.04. The van der Waals surface area contributed by atoms with E-state index >= 15 is 0 Å². The van der Waals surface area contributed by atoms with E-state index in [4.69, 9.17) is 10.2 Å². The third-order valence-electron chi connectivity index (χ3n) is 1.76. The van der Waals surface area contributed by atoms with Gasteiger partial charge < -0.3 is 15.5 Å². The van der Waals surface area contributed by atoms with Crippen LogP contribution in [-0.2, 0) is 0 Å². The van der Waals surface area contributed by atoms with Gasteiger partial charge in [-0.05, 0) is 12.1 Å². The molecular formula is C10H11N3O. The zero-order valence-electron chi connectivity index (χ0n) is 7.66. The van der Waals surface area contributed by atoms with E-state index in [9.17, 15) is 0 Å². The Kier molecular flexibility index (Phi) is 2.10. The average molecular weight is 189 g/mol. The smallest absolute Gasteiger partial charge is 0.296 e. The molecule has 4 nitrogen and oxygen atoms in total. The van der Waals surface area contributed by atoms with E-state index in [-0.39, 0.29) is 0 Å². The minimum atomic E-state index is 0.465. The largest absolute Gasteiger partial charge is 0.424 e. The number of hydrogen-bond acceptors (Lipinski definition) is 4. The first-order valence-corrected chi connectivity index (χ1v) is 4.28. The number of fused-ring (bicyclic) bond motifs is 1. The Morgan fingerprint density at radius 2 is 2.29 bits per heavy atom. The van der Waals surface area contributed by atoms with E-state index in [1.165, 1.54) is 0 Å². The molecule has 0 saturated carbocycles. The highest BCUT2D eigenvalue weighted by atomic mass is 16.4. The van der Waals surface area contributed by atoms with Gasteiger partial charge in [-0.3, -0.25) is 0 Å². The molecular weight excluding hydrogens is 178 g/mol. The van der Waals surface area contributed by atoms with Gasteiger partial charge in [0.15, 0.2) is 5.58 Å². The van der Waals surface area contributed by atoms with Crippen LogP contribution in [0.5, 0.6) is 0 Å². The van der Waals surface area contributed by atoms with Crippen LogP contribution in [0.1, 0.15) is 0 Å². The van der Waals surface area contributed by atoms with Gasteiger partial charge in [-0.15, -0.1) is 0 Å². The molecule has 0 spiro atoms. The zero-order chi connectivity index (χ0) is 9.97. The summed E-state index contributed by atoms with van der Waals surface area (Å²) in [7, 11) is 0. The van der Waals surface area contributed by atoms with Crippen LogP contribution in [0, 0.1) is 0 Å². The number of rotatable bonds is 3. The molecule has 2 rings (SSSR count). The van der Waals surface area contributed by atoms with Crippen molar-refractivity contribution in [1.82, 2.24) is 4.98 Å². The van der Waals surface area contributed by atoms with Crippen LogP contribution in [0.2, 0.25) is 0 Å². The molecule has 2 aromatic rings. The molecule has 0 bridgehead atoms. The maximum Gasteiger partial charge on any atom is 0.296 e. The SMILES string of the molecule is C=C(N)CNc1nc2ccccc2o1. The molecule has 0 fully saturated rings. The van der Waals surface area contributed by atoms with Crippen LogP contribution in [0.15, 0.2) is 41.0 Å². The van der Waals surface area contributed by atoms with Crippen molar-refractivity contribution in [3.63, 3.8) is 0 Å². The normalized spacial score (nSPS) is 10.3. The molecule has 4 heteroatoms. The van der Waals surface area contributed by atoms with Crippen molar-refractivity contribution in [1.29, 1.82) is 0 Å². The molecule has 0 unspecified atom stereocenters. The summed E-state index contributed by atoms with van der Waals surface area (Å²) < 4.78 is 5.40. The third kappa shape index (κ3) is 1.69. The Bertz CT molecular complexity index is 428. The highest BCUT2D eigenvalue weighted by Gasteiger charge is 2.02. The molecule has 14 heavy (non-hydrogen) atoms. The molecule has 3 N–H and O–H groups in total. The monoisotopic (exact) mass is 189 g/mol. The Labute approximate surface area is 81.4 Å². The number of anilines is 1. The number of aromatic nitrogens is 1. The van der Waals surface area contributed by atoms with Crippen LogP contribution < -0.4 is 11.1 Å². The highest BCUT2D eigenvalue weighted by molar-refractivity contribution is 5.74. The average Bonchev–Trinajstić information content (AvgIpc) is 2.57. The Hall–Kier alpha value is -1.97. The Balaban J connectivity index is 2.22. The number of hydrogen-bond donors (Lipinski definition) is 2. The zero-order valence-corrected chi connectivity index (χ0v) is 7.66. The molecule has 1 aromatic carbocycles. The molecule has 72 valence electrons. The van der Waals surface area contributed by atoms with Crippen molar-refractivity contribution in [2.24, 2.45) is 5.73 Å². The fraction of sp³-hybridized carbons (Fsp3) is 0.100. The number of para-hydroxylation sites is 2. The predicted octanol–water partition coefficient (Wildman–Crippen LogP) is 1.71. The quantitative estimate of drug-likeness (QED) is 0.771. The van der Waals surface area contributed by atoms with E-state index in [1.54, 1.807) is 0 Å². The molecule has 0 saturated heterocycles. The number of nitrogens with one attached hydrogen (secondary N) is 1. The molecule has 0 atom stereocenters. The maximum atomic E-state index is 5.41. The second kappa shape index (κ2) is 3.41. The lowest BCUT2D eigenvalue weighted by molar-refractivity contribution is 0.617. The molecule has 1 aromatic heterocycles. The number of nitrogens with zero attached hydrogens (tertiary/aromatic N) is 1. The van der Waals surface area contributed by atoms with Crippen LogP contribution in [-0.4, -0.2) is 11.5 Å². The number of oxazole rings is 1. The third-order valence-corrected chi connectivity index (χ3v) is 1.76. The van der Waals surface area contributed by atoms with Gasteiger partial charge in [0, 0.05) is 5.70 Å². The first-order valence-electron chi connectivity index (χ1n) is 4.28. The van der Waals surface area contributed by atoms with Crippen molar-refractivity contribution in [2.75, 3.05) is 11.9 Å². The van der Waals surface area contributed by atoms with E-state index < -0.39 is 0 Å². The van der Waals surface area contributed by atoms with Gasteiger partial charge in [-0.1, -0.05) is 18.7 Å². The standard InChI is InChI=1S/C10H11N3O/c1-7(11)6-12-10-13-8-4-2-3-5-9(8)14-10/h2-5H,1,6,11H2,(H,12,13). The van der Waals surface area contributed by atoms with Crippen molar-refractivity contribution < 1.29 is 4.42 Å². The minimum absolute atomic E-state index is 0.465. The van der Waals surface area contributed by atoms with Gasteiger partial charge in [0.25, 0.3) is 6.01 Å². The number of benzene rings is 1. The summed E-state index contributed by atoms with van der Waals surface area (Å²) in [5.41, 5.74) is 7.55. The topological polar surface area (TPSA) is 64.1 Å². The van der Waals surface area contributed by atoms with E-state index in [2.05, 4.69) is 16.9 Å². The van der Waals surface area contributed by atoms with Crippen molar-refractivity contribution in [3.8, 4) is 0 Å². The van der Waals surface area contributed by atoms with E-state index in [1.807, 2.05) is 24.3 Å². The second-order valence-corrected chi connectivity index (χ2v) is 3.00. The maximum absolute atomic E-state index is 5.41.